The minimum absolute atomic E-state index is 0.570. The molecular weight excluding hydrogens is 268 g/mol. The molecule has 1 aliphatic carbocycles. The van der Waals surface area contributed by atoms with Crippen molar-refractivity contribution in [1.82, 2.24) is 0 Å². The summed E-state index contributed by atoms with van der Waals surface area (Å²) in [5.41, 5.74) is 1.94. The highest BCUT2D eigenvalue weighted by atomic mass is 35.5. The Bertz CT molecular complexity index is 569. The van der Waals surface area contributed by atoms with Crippen molar-refractivity contribution in [2.45, 2.75) is 31.1 Å². The van der Waals surface area contributed by atoms with E-state index in [9.17, 15) is 9.90 Å². The van der Waals surface area contributed by atoms with Gasteiger partial charge in [-0.1, -0.05) is 11.6 Å². The Morgan fingerprint density at radius 1 is 1.11 bits per heavy atom. The predicted molar refractivity (Wildman–Crippen MR) is 68.4 cm³/mol. The van der Waals surface area contributed by atoms with Crippen molar-refractivity contribution in [3.8, 4) is 11.5 Å². The topological polar surface area (TPSA) is 55.8 Å². The van der Waals surface area contributed by atoms with Crippen LogP contribution in [0.1, 0.15) is 29.5 Å². The van der Waals surface area contributed by atoms with Crippen LogP contribution in [0, 0.1) is 0 Å². The summed E-state index contributed by atoms with van der Waals surface area (Å²) in [5.74, 6) is 0.643. The second-order valence-corrected chi connectivity index (χ2v) is 5.77. The van der Waals surface area contributed by atoms with E-state index >= 15 is 0 Å². The lowest BCUT2D eigenvalue weighted by atomic mass is 9.87. The summed E-state index contributed by atoms with van der Waals surface area (Å²) in [6.07, 6.45) is 2.79. The van der Waals surface area contributed by atoms with Crippen LogP contribution in [0.25, 0.3) is 0 Å². The summed E-state index contributed by atoms with van der Waals surface area (Å²) in [7, 11) is 0. The van der Waals surface area contributed by atoms with Gasteiger partial charge in [-0.2, -0.15) is 0 Å². The zero-order chi connectivity index (χ0) is 13.2. The van der Waals surface area contributed by atoms with Crippen LogP contribution in [0.3, 0.4) is 0 Å². The Morgan fingerprint density at radius 2 is 1.74 bits per heavy atom. The number of benzene rings is 1. The van der Waals surface area contributed by atoms with Gasteiger partial charge in [-0.3, -0.25) is 4.79 Å². The van der Waals surface area contributed by atoms with Crippen LogP contribution in [-0.4, -0.2) is 24.3 Å². The number of carboxylic acid groups (broad SMARTS) is 1. The van der Waals surface area contributed by atoms with E-state index in [0.717, 1.165) is 29.5 Å². The van der Waals surface area contributed by atoms with E-state index in [1.807, 2.05) is 0 Å². The van der Waals surface area contributed by atoms with E-state index in [2.05, 4.69) is 0 Å². The molecule has 4 rings (SSSR count). The monoisotopic (exact) mass is 280 g/mol. The first-order chi connectivity index (χ1) is 9.15. The van der Waals surface area contributed by atoms with Gasteiger partial charge < -0.3 is 14.6 Å². The number of halogens is 1. The second kappa shape index (κ2) is 3.57. The molecule has 0 atom stereocenters. The molecular formula is C14H13ClO4. The van der Waals surface area contributed by atoms with E-state index in [0.29, 0.717) is 42.6 Å². The molecule has 2 aliphatic heterocycles. The van der Waals surface area contributed by atoms with E-state index in [-0.39, 0.29) is 0 Å². The van der Waals surface area contributed by atoms with Crippen LogP contribution in [0.5, 0.6) is 11.5 Å². The van der Waals surface area contributed by atoms with Crippen molar-refractivity contribution in [3.63, 3.8) is 0 Å². The molecule has 1 aromatic rings. The molecule has 0 aromatic heterocycles. The Labute approximate surface area is 115 Å². The molecule has 4 nitrogen and oxygen atoms in total. The van der Waals surface area contributed by atoms with E-state index in [1.165, 1.54) is 0 Å². The van der Waals surface area contributed by atoms with Crippen LogP contribution in [0.4, 0.5) is 0 Å². The molecule has 0 amide bonds. The summed E-state index contributed by atoms with van der Waals surface area (Å²) >= 11 is 6.37. The number of rotatable bonds is 2. The molecule has 1 fully saturated rings. The summed E-state index contributed by atoms with van der Waals surface area (Å²) in [5, 5.41) is 10.2. The first-order valence-corrected chi connectivity index (χ1v) is 6.89. The first-order valence-electron chi connectivity index (χ1n) is 6.52. The van der Waals surface area contributed by atoms with Crippen molar-refractivity contribution < 1.29 is 19.4 Å². The molecule has 1 N–H and O–H groups in total. The Balaban J connectivity index is 2.03. The Hall–Kier alpha value is -1.42. The highest BCUT2D eigenvalue weighted by Gasteiger charge is 2.56. The van der Waals surface area contributed by atoms with Crippen molar-refractivity contribution >= 4 is 17.6 Å². The third kappa shape index (κ3) is 1.32. The number of carboxylic acids is 1. The van der Waals surface area contributed by atoms with Gasteiger partial charge in [0.1, 0.15) is 11.5 Å². The van der Waals surface area contributed by atoms with Crippen molar-refractivity contribution in [3.05, 3.63) is 21.7 Å². The molecule has 0 radical (unpaired) electrons. The molecule has 5 heteroatoms. The van der Waals surface area contributed by atoms with Crippen LogP contribution >= 0.6 is 11.6 Å². The SMILES string of the molecule is O=C(O)C1(c2c3c(c(Cl)c4c2OCC4)OCC3)CC1. The molecule has 1 saturated carbocycles. The van der Waals surface area contributed by atoms with Crippen LogP contribution in [-0.2, 0) is 23.1 Å². The van der Waals surface area contributed by atoms with Gasteiger partial charge in [0.15, 0.2) is 0 Å². The largest absolute Gasteiger partial charge is 0.493 e. The lowest BCUT2D eigenvalue weighted by molar-refractivity contribution is -0.140. The molecule has 19 heavy (non-hydrogen) atoms. The molecule has 0 unspecified atom stereocenters. The number of aliphatic carboxylic acids is 1. The number of carbonyl (C=O) groups is 1. The zero-order valence-corrected chi connectivity index (χ0v) is 11.0. The van der Waals surface area contributed by atoms with Gasteiger partial charge in [0.25, 0.3) is 0 Å². The predicted octanol–water partition coefficient (Wildman–Crippen LogP) is 2.33. The van der Waals surface area contributed by atoms with Gasteiger partial charge in [-0.15, -0.1) is 0 Å². The van der Waals surface area contributed by atoms with E-state index in [1.54, 1.807) is 0 Å². The van der Waals surface area contributed by atoms with Gasteiger partial charge >= 0.3 is 5.97 Å². The Morgan fingerprint density at radius 3 is 2.37 bits per heavy atom. The molecule has 0 saturated heterocycles. The van der Waals surface area contributed by atoms with E-state index in [4.69, 9.17) is 21.1 Å². The van der Waals surface area contributed by atoms with Gasteiger partial charge in [-0.05, 0) is 12.8 Å². The Kier molecular flexibility index (Phi) is 2.14. The quantitative estimate of drug-likeness (QED) is 0.903. The fourth-order valence-corrected chi connectivity index (χ4v) is 3.60. The van der Waals surface area contributed by atoms with Crippen LogP contribution in [0.2, 0.25) is 5.02 Å². The number of ether oxygens (including phenoxy) is 2. The van der Waals surface area contributed by atoms with Gasteiger partial charge in [0.05, 0.1) is 23.7 Å². The standard InChI is InChI=1S/C14H13ClO4/c15-10-8-2-6-18-11(8)9(7-1-5-19-12(7)10)14(3-4-14)13(16)17/h1-6H2,(H,16,17). The van der Waals surface area contributed by atoms with Crippen LogP contribution in [0.15, 0.2) is 0 Å². The minimum atomic E-state index is -0.767. The second-order valence-electron chi connectivity index (χ2n) is 5.39. The average Bonchev–Trinajstić information content (AvgIpc) is 2.85. The number of hydrogen-bond acceptors (Lipinski definition) is 3. The third-order valence-corrected chi connectivity index (χ3v) is 4.78. The number of hydrogen-bond donors (Lipinski definition) is 1. The smallest absolute Gasteiger partial charge is 0.314 e. The molecule has 0 spiro atoms. The fourth-order valence-electron chi connectivity index (χ4n) is 3.25. The van der Waals surface area contributed by atoms with Gasteiger partial charge in [0, 0.05) is 29.5 Å². The average molecular weight is 281 g/mol. The highest BCUT2D eigenvalue weighted by Crippen LogP contribution is 2.58. The van der Waals surface area contributed by atoms with Crippen LogP contribution < -0.4 is 9.47 Å². The molecule has 2 heterocycles. The van der Waals surface area contributed by atoms with Crippen molar-refractivity contribution in [1.29, 1.82) is 0 Å². The lowest BCUT2D eigenvalue weighted by Gasteiger charge is -2.19. The maximum absolute atomic E-state index is 11.6. The summed E-state index contributed by atoms with van der Waals surface area (Å²) in [6.45, 7) is 1.14. The maximum atomic E-state index is 11.6. The van der Waals surface area contributed by atoms with Gasteiger partial charge in [0.2, 0.25) is 0 Å². The zero-order valence-electron chi connectivity index (χ0n) is 10.3. The van der Waals surface area contributed by atoms with Crippen molar-refractivity contribution in [2.24, 2.45) is 0 Å². The van der Waals surface area contributed by atoms with Gasteiger partial charge in [-0.25, -0.2) is 0 Å². The summed E-state index contributed by atoms with van der Waals surface area (Å²) in [4.78, 5) is 11.6. The minimum Gasteiger partial charge on any atom is -0.493 e. The maximum Gasteiger partial charge on any atom is 0.314 e. The molecule has 3 aliphatic rings. The summed E-state index contributed by atoms with van der Waals surface area (Å²) < 4.78 is 11.3. The molecule has 1 aromatic carbocycles. The normalized spacial score (nSPS) is 21.3. The van der Waals surface area contributed by atoms with Crippen molar-refractivity contribution in [2.75, 3.05) is 13.2 Å². The molecule has 100 valence electrons. The summed E-state index contributed by atoms with van der Waals surface area (Å²) in [6, 6.07) is 0. The highest BCUT2D eigenvalue weighted by molar-refractivity contribution is 6.33. The lowest BCUT2D eigenvalue weighted by Crippen LogP contribution is -2.22. The number of fused-ring (bicyclic) bond motifs is 2. The van der Waals surface area contributed by atoms with E-state index < -0.39 is 11.4 Å². The molecule has 0 bridgehead atoms. The third-order valence-electron chi connectivity index (χ3n) is 4.38. The first kappa shape index (κ1) is 11.4. The fraction of sp³-hybridized carbons (Fsp3) is 0.500.